The van der Waals surface area contributed by atoms with Crippen molar-refractivity contribution in [2.75, 3.05) is 6.54 Å². The van der Waals surface area contributed by atoms with Crippen LogP contribution in [0, 0.1) is 13.8 Å². The van der Waals surface area contributed by atoms with Crippen LogP contribution < -0.4 is 5.32 Å². The Balaban J connectivity index is 2.18. The van der Waals surface area contributed by atoms with Crippen molar-refractivity contribution in [3.63, 3.8) is 0 Å². The zero-order valence-corrected chi connectivity index (χ0v) is 12.7. The number of hydrogen-bond donors (Lipinski definition) is 1. The summed E-state index contributed by atoms with van der Waals surface area (Å²) in [5.41, 5.74) is 4.10. The number of ether oxygens (including phenoxy) is 1. The molecule has 0 radical (unpaired) electrons. The zero-order valence-electron chi connectivity index (χ0n) is 12.7. The van der Waals surface area contributed by atoms with Gasteiger partial charge in [0, 0.05) is 0 Å². The predicted octanol–water partition coefficient (Wildman–Crippen LogP) is 3.91. The van der Waals surface area contributed by atoms with Crippen LogP contribution in [0.3, 0.4) is 0 Å². The fraction of sp³-hybridized carbons (Fsp3) is 0.647. The predicted molar refractivity (Wildman–Crippen MR) is 80.5 cm³/mol. The summed E-state index contributed by atoms with van der Waals surface area (Å²) in [6.45, 7) is 9.79. The quantitative estimate of drug-likeness (QED) is 0.867. The molecule has 0 amide bonds. The van der Waals surface area contributed by atoms with Gasteiger partial charge < -0.3 is 10.1 Å². The van der Waals surface area contributed by atoms with Gasteiger partial charge in [-0.15, -0.1) is 0 Å². The molecule has 1 fully saturated rings. The SMILES string of the molecule is CCCNC(c1ccc(C)c(C)c1)C1CCC(C)O1. The molecule has 1 saturated heterocycles. The molecule has 0 aliphatic carbocycles. The molecule has 2 heteroatoms. The van der Waals surface area contributed by atoms with Crippen molar-refractivity contribution >= 4 is 0 Å². The molecule has 1 N–H and O–H groups in total. The smallest absolute Gasteiger partial charge is 0.0774 e. The van der Waals surface area contributed by atoms with Crippen LogP contribution in [0.25, 0.3) is 0 Å². The van der Waals surface area contributed by atoms with Gasteiger partial charge in [0.2, 0.25) is 0 Å². The van der Waals surface area contributed by atoms with Gasteiger partial charge in [-0.25, -0.2) is 0 Å². The van der Waals surface area contributed by atoms with Gasteiger partial charge in [0.1, 0.15) is 0 Å². The first kappa shape index (κ1) is 14.5. The van der Waals surface area contributed by atoms with E-state index in [1.165, 1.54) is 23.1 Å². The second-order valence-electron chi connectivity index (χ2n) is 5.84. The summed E-state index contributed by atoms with van der Waals surface area (Å²) in [4.78, 5) is 0. The lowest BCUT2D eigenvalue weighted by atomic mass is 9.96. The monoisotopic (exact) mass is 261 g/mol. The molecule has 0 bridgehead atoms. The number of aryl methyl sites for hydroxylation is 2. The van der Waals surface area contributed by atoms with E-state index in [0.717, 1.165) is 19.4 Å². The van der Waals surface area contributed by atoms with Crippen molar-refractivity contribution < 1.29 is 4.74 Å². The van der Waals surface area contributed by atoms with Crippen molar-refractivity contribution in [3.05, 3.63) is 34.9 Å². The number of nitrogens with one attached hydrogen (secondary N) is 1. The number of rotatable bonds is 5. The number of benzene rings is 1. The van der Waals surface area contributed by atoms with E-state index in [2.05, 4.69) is 51.2 Å². The van der Waals surface area contributed by atoms with E-state index in [4.69, 9.17) is 4.74 Å². The summed E-state index contributed by atoms with van der Waals surface area (Å²) in [7, 11) is 0. The van der Waals surface area contributed by atoms with Gasteiger partial charge in [-0.05, 0) is 63.3 Å². The van der Waals surface area contributed by atoms with Crippen LogP contribution in [0.4, 0.5) is 0 Å². The Morgan fingerprint density at radius 2 is 2.05 bits per heavy atom. The van der Waals surface area contributed by atoms with E-state index < -0.39 is 0 Å². The molecule has 1 aliphatic heterocycles. The maximum Gasteiger partial charge on any atom is 0.0774 e. The summed E-state index contributed by atoms with van der Waals surface area (Å²) < 4.78 is 6.08. The fourth-order valence-corrected chi connectivity index (χ4v) is 2.80. The van der Waals surface area contributed by atoms with Crippen LogP contribution in [0.1, 0.15) is 55.8 Å². The van der Waals surface area contributed by atoms with Crippen LogP contribution >= 0.6 is 0 Å². The Bertz CT molecular complexity index is 416. The number of hydrogen-bond acceptors (Lipinski definition) is 2. The molecule has 0 spiro atoms. The van der Waals surface area contributed by atoms with E-state index in [1.54, 1.807) is 0 Å². The van der Waals surface area contributed by atoms with E-state index in [9.17, 15) is 0 Å². The summed E-state index contributed by atoms with van der Waals surface area (Å²) in [6.07, 6.45) is 4.23. The van der Waals surface area contributed by atoms with Crippen molar-refractivity contribution in [2.45, 2.75) is 65.2 Å². The summed E-state index contributed by atoms with van der Waals surface area (Å²) >= 11 is 0. The molecule has 0 saturated carbocycles. The third-order valence-corrected chi connectivity index (χ3v) is 4.14. The third kappa shape index (κ3) is 3.58. The molecule has 1 aromatic carbocycles. The third-order valence-electron chi connectivity index (χ3n) is 4.14. The average Bonchev–Trinajstić information content (AvgIpc) is 2.80. The average molecular weight is 261 g/mol. The van der Waals surface area contributed by atoms with Crippen LogP contribution in [-0.2, 0) is 4.74 Å². The Labute approximate surface area is 117 Å². The highest BCUT2D eigenvalue weighted by molar-refractivity contribution is 5.32. The van der Waals surface area contributed by atoms with Gasteiger partial charge in [0.05, 0.1) is 18.2 Å². The second-order valence-corrected chi connectivity index (χ2v) is 5.84. The molecule has 1 aromatic rings. The van der Waals surface area contributed by atoms with Gasteiger partial charge in [-0.2, -0.15) is 0 Å². The van der Waals surface area contributed by atoms with Gasteiger partial charge >= 0.3 is 0 Å². The first-order chi connectivity index (χ1) is 9.11. The van der Waals surface area contributed by atoms with E-state index in [-0.39, 0.29) is 0 Å². The van der Waals surface area contributed by atoms with Gasteiger partial charge in [0.15, 0.2) is 0 Å². The van der Waals surface area contributed by atoms with Gasteiger partial charge in [-0.3, -0.25) is 0 Å². The minimum Gasteiger partial charge on any atom is -0.373 e. The Kier molecular flexibility index (Phi) is 5.00. The first-order valence-corrected chi connectivity index (χ1v) is 7.57. The molecule has 0 aromatic heterocycles. The van der Waals surface area contributed by atoms with Crippen LogP contribution in [-0.4, -0.2) is 18.8 Å². The molecule has 1 aliphatic rings. The lowest BCUT2D eigenvalue weighted by molar-refractivity contribution is 0.0316. The van der Waals surface area contributed by atoms with E-state index >= 15 is 0 Å². The van der Waals surface area contributed by atoms with Crippen LogP contribution in [0.2, 0.25) is 0 Å². The Hall–Kier alpha value is -0.860. The first-order valence-electron chi connectivity index (χ1n) is 7.57. The minimum atomic E-state index is 0.323. The highest BCUT2D eigenvalue weighted by Gasteiger charge is 2.30. The molecule has 106 valence electrons. The fourth-order valence-electron chi connectivity index (χ4n) is 2.80. The topological polar surface area (TPSA) is 21.3 Å². The van der Waals surface area contributed by atoms with Gasteiger partial charge in [-0.1, -0.05) is 25.1 Å². The maximum atomic E-state index is 6.08. The standard InChI is InChI=1S/C17H27NO/c1-5-10-18-17(16-9-7-14(4)19-16)15-8-6-12(2)13(3)11-15/h6,8,11,14,16-18H,5,7,9-10H2,1-4H3. The van der Waals surface area contributed by atoms with Crippen molar-refractivity contribution in [2.24, 2.45) is 0 Å². The molecule has 2 rings (SSSR count). The lowest BCUT2D eigenvalue weighted by Gasteiger charge is -2.26. The van der Waals surface area contributed by atoms with Crippen molar-refractivity contribution in [1.82, 2.24) is 5.32 Å². The molecule has 1 heterocycles. The van der Waals surface area contributed by atoms with Crippen molar-refractivity contribution in [3.8, 4) is 0 Å². The second kappa shape index (κ2) is 6.53. The minimum absolute atomic E-state index is 0.323. The Morgan fingerprint density at radius 3 is 2.63 bits per heavy atom. The van der Waals surface area contributed by atoms with Gasteiger partial charge in [0.25, 0.3) is 0 Å². The van der Waals surface area contributed by atoms with E-state index in [1.807, 2.05) is 0 Å². The summed E-state index contributed by atoms with van der Waals surface area (Å²) in [5, 5.41) is 3.67. The molecule has 3 atom stereocenters. The Morgan fingerprint density at radius 1 is 1.26 bits per heavy atom. The molecule has 3 unspecified atom stereocenters. The molecular formula is C17H27NO. The highest BCUT2D eigenvalue weighted by atomic mass is 16.5. The van der Waals surface area contributed by atoms with E-state index in [0.29, 0.717) is 18.2 Å². The van der Waals surface area contributed by atoms with Crippen molar-refractivity contribution in [1.29, 1.82) is 0 Å². The normalized spacial score (nSPS) is 24.6. The lowest BCUT2D eigenvalue weighted by Crippen LogP contribution is -2.32. The van der Waals surface area contributed by atoms with Crippen LogP contribution in [0.15, 0.2) is 18.2 Å². The summed E-state index contributed by atoms with van der Waals surface area (Å²) in [6, 6.07) is 7.13. The maximum absolute atomic E-state index is 6.08. The molecule has 2 nitrogen and oxygen atoms in total. The zero-order chi connectivity index (χ0) is 13.8. The largest absolute Gasteiger partial charge is 0.373 e. The van der Waals surface area contributed by atoms with Crippen LogP contribution in [0.5, 0.6) is 0 Å². The summed E-state index contributed by atoms with van der Waals surface area (Å²) in [5.74, 6) is 0. The molecule has 19 heavy (non-hydrogen) atoms. The molecular weight excluding hydrogens is 234 g/mol. The highest BCUT2D eigenvalue weighted by Crippen LogP contribution is 2.30.